The zero-order valence-corrected chi connectivity index (χ0v) is 7.15. The third-order valence-corrected chi connectivity index (χ3v) is 1.13. The van der Waals surface area contributed by atoms with Crippen molar-refractivity contribution in [3.05, 3.63) is 43.0 Å². The molecular formula is C9H8F2O3. The molecule has 0 heterocycles. The highest BCUT2D eigenvalue weighted by molar-refractivity contribution is 5.83. The lowest BCUT2D eigenvalue weighted by molar-refractivity contribution is -0.317. The zero-order valence-electron chi connectivity index (χ0n) is 7.15. The molecule has 0 fully saturated rings. The van der Waals surface area contributed by atoms with Gasteiger partial charge in [0.2, 0.25) is 0 Å². The maximum atomic E-state index is 10.6. The molecule has 0 aliphatic rings. The Morgan fingerprint density at radius 3 is 2.21 bits per heavy atom. The summed E-state index contributed by atoms with van der Waals surface area (Å²) in [6.45, 7) is 3.28. The number of carbonyl (C=O) groups is 1. The van der Waals surface area contributed by atoms with Crippen molar-refractivity contribution in [3.8, 4) is 5.75 Å². The normalized spacial score (nSPS) is 8.14. The van der Waals surface area contributed by atoms with Gasteiger partial charge in [0.15, 0.2) is 0 Å². The Labute approximate surface area is 79.4 Å². The number of carbonyl (C=O) groups excluding carboxylic acids is 1. The highest BCUT2D eigenvalue weighted by Crippen LogP contribution is 2.07. The molecule has 0 aliphatic heterocycles. The molecule has 1 aromatic rings. The topological polar surface area (TPSA) is 35.5 Å². The molecule has 76 valence electrons. The minimum Gasteiger partial charge on any atom is -0.423 e. The number of benzene rings is 1. The summed E-state index contributed by atoms with van der Waals surface area (Å²) >= 11 is 0. The second kappa shape index (κ2) is 7.88. The van der Waals surface area contributed by atoms with E-state index in [2.05, 4.69) is 6.58 Å². The van der Waals surface area contributed by atoms with E-state index in [1.807, 2.05) is 6.07 Å². The second-order valence-electron chi connectivity index (χ2n) is 2.00. The van der Waals surface area contributed by atoms with E-state index in [-0.39, 0.29) is 0 Å². The summed E-state index contributed by atoms with van der Waals surface area (Å²) in [6.07, 6.45) is 1.13. The monoisotopic (exact) mass is 202 g/mol. The Morgan fingerprint density at radius 1 is 1.29 bits per heavy atom. The van der Waals surface area contributed by atoms with E-state index in [9.17, 15) is 4.79 Å². The first-order chi connectivity index (χ1) is 6.74. The van der Waals surface area contributed by atoms with Gasteiger partial charge >= 0.3 is 5.97 Å². The Morgan fingerprint density at radius 2 is 1.79 bits per heavy atom. The van der Waals surface area contributed by atoms with Crippen LogP contribution < -0.4 is 4.74 Å². The van der Waals surface area contributed by atoms with Crippen LogP contribution in [0.1, 0.15) is 0 Å². The predicted octanol–water partition coefficient (Wildman–Crippen LogP) is 2.55. The summed E-state index contributed by atoms with van der Waals surface area (Å²) in [5.41, 5.74) is 0. The van der Waals surface area contributed by atoms with Crippen LogP contribution in [0.15, 0.2) is 43.0 Å². The lowest BCUT2D eigenvalue weighted by Gasteiger charge is -1.98. The number of hydrogen-bond acceptors (Lipinski definition) is 3. The molecule has 5 heteroatoms. The zero-order chi connectivity index (χ0) is 10.8. The van der Waals surface area contributed by atoms with Crippen LogP contribution in [0.25, 0.3) is 0 Å². The number of hydrogen-bond donors (Lipinski definition) is 0. The molecule has 0 saturated carbocycles. The number of esters is 1. The van der Waals surface area contributed by atoms with E-state index in [0.717, 1.165) is 6.08 Å². The molecular weight excluding hydrogens is 194 g/mol. The van der Waals surface area contributed by atoms with Crippen LogP contribution in [0, 0.1) is 0 Å². The van der Waals surface area contributed by atoms with Crippen molar-refractivity contribution >= 4 is 5.97 Å². The third-order valence-electron chi connectivity index (χ3n) is 1.13. The quantitative estimate of drug-likeness (QED) is 0.420. The van der Waals surface area contributed by atoms with Gasteiger partial charge in [-0.05, 0) is 21.2 Å². The van der Waals surface area contributed by atoms with Crippen molar-refractivity contribution in [2.75, 3.05) is 0 Å². The van der Waals surface area contributed by atoms with Crippen LogP contribution in [-0.2, 0) is 9.94 Å². The SMILES string of the molecule is C=CC(=O)Oc1ccccc1.FOF. The van der Waals surface area contributed by atoms with Crippen molar-refractivity contribution in [2.45, 2.75) is 0 Å². The van der Waals surface area contributed by atoms with Gasteiger partial charge in [-0.15, -0.1) is 0 Å². The Kier molecular flexibility index (Phi) is 6.89. The van der Waals surface area contributed by atoms with Gasteiger partial charge in [-0.2, -0.15) is 0 Å². The van der Waals surface area contributed by atoms with Crippen molar-refractivity contribution in [2.24, 2.45) is 0 Å². The van der Waals surface area contributed by atoms with Crippen molar-refractivity contribution in [3.63, 3.8) is 0 Å². The minimum atomic E-state index is -0.434. The molecule has 3 nitrogen and oxygen atoms in total. The summed E-state index contributed by atoms with van der Waals surface area (Å²) in [5, 5.41) is 1.25. The van der Waals surface area contributed by atoms with Crippen LogP contribution in [0.5, 0.6) is 5.75 Å². The number of ether oxygens (including phenoxy) is 1. The number of para-hydroxylation sites is 1. The van der Waals surface area contributed by atoms with Gasteiger partial charge in [0.1, 0.15) is 5.75 Å². The third kappa shape index (κ3) is 5.84. The molecule has 1 aromatic carbocycles. The largest absolute Gasteiger partial charge is 0.423 e. The van der Waals surface area contributed by atoms with E-state index in [0.29, 0.717) is 5.75 Å². The van der Waals surface area contributed by atoms with Gasteiger partial charge < -0.3 is 4.74 Å². The average molecular weight is 202 g/mol. The van der Waals surface area contributed by atoms with E-state index in [1.165, 1.54) is 5.15 Å². The molecule has 0 aromatic heterocycles. The lowest BCUT2D eigenvalue weighted by atomic mass is 10.3. The summed E-state index contributed by atoms with van der Waals surface area (Å²) in [7, 11) is 0. The van der Waals surface area contributed by atoms with Gasteiger partial charge in [0.25, 0.3) is 0 Å². The molecule has 0 saturated heterocycles. The molecule has 0 amide bonds. The number of halogens is 2. The summed E-state index contributed by atoms with van der Waals surface area (Å²) in [5.74, 6) is 0.105. The fraction of sp³-hybridized carbons (Fsp3) is 0. The highest BCUT2D eigenvalue weighted by atomic mass is 19.6. The molecule has 1 rings (SSSR count). The van der Waals surface area contributed by atoms with Crippen LogP contribution >= 0.6 is 0 Å². The Balaban J connectivity index is 0.000000500. The first-order valence-corrected chi connectivity index (χ1v) is 3.53. The van der Waals surface area contributed by atoms with E-state index >= 15 is 0 Å². The minimum absolute atomic E-state index is 0.434. The second-order valence-corrected chi connectivity index (χ2v) is 2.00. The van der Waals surface area contributed by atoms with Crippen molar-refractivity contribution in [1.29, 1.82) is 0 Å². The first kappa shape index (κ1) is 12.2. The van der Waals surface area contributed by atoms with E-state index < -0.39 is 5.97 Å². The highest BCUT2D eigenvalue weighted by Gasteiger charge is 1.95. The van der Waals surface area contributed by atoms with Crippen LogP contribution in [0.3, 0.4) is 0 Å². The standard InChI is InChI=1S/C9H8O2.F2O/c1-2-9(10)11-8-6-4-3-5-7-8;1-3-2/h2-7H,1H2;. The van der Waals surface area contributed by atoms with Crippen LogP contribution in [-0.4, -0.2) is 5.97 Å². The van der Waals surface area contributed by atoms with E-state index in [4.69, 9.17) is 13.8 Å². The molecule has 14 heavy (non-hydrogen) atoms. The Bertz CT molecular complexity index is 275. The molecule has 0 aliphatic carbocycles. The average Bonchev–Trinajstić information content (AvgIpc) is 2.20. The smallest absolute Gasteiger partial charge is 0.335 e. The molecule has 0 spiro atoms. The van der Waals surface area contributed by atoms with Crippen molar-refractivity contribution < 1.29 is 23.7 Å². The maximum Gasteiger partial charge on any atom is 0.335 e. The first-order valence-electron chi connectivity index (χ1n) is 3.53. The van der Waals surface area contributed by atoms with Gasteiger partial charge in [0, 0.05) is 11.2 Å². The summed E-state index contributed by atoms with van der Waals surface area (Å²) < 4.78 is 23.1. The molecule has 0 atom stereocenters. The molecule has 0 bridgehead atoms. The maximum absolute atomic E-state index is 10.6. The van der Waals surface area contributed by atoms with Gasteiger partial charge in [-0.1, -0.05) is 24.8 Å². The van der Waals surface area contributed by atoms with Gasteiger partial charge in [-0.25, -0.2) is 4.79 Å². The summed E-state index contributed by atoms with van der Waals surface area (Å²) in [4.78, 5) is 10.6. The molecule has 0 unspecified atom stereocenters. The van der Waals surface area contributed by atoms with Crippen molar-refractivity contribution in [1.82, 2.24) is 0 Å². The van der Waals surface area contributed by atoms with Crippen LogP contribution in [0.4, 0.5) is 9.05 Å². The predicted molar refractivity (Wildman–Crippen MR) is 45.6 cm³/mol. The summed E-state index contributed by atoms with van der Waals surface area (Å²) in [6, 6.07) is 8.87. The fourth-order valence-corrected chi connectivity index (χ4v) is 0.646. The van der Waals surface area contributed by atoms with Gasteiger partial charge in [0.05, 0.1) is 0 Å². The lowest BCUT2D eigenvalue weighted by Crippen LogP contribution is -2.02. The van der Waals surface area contributed by atoms with Gasteiger partial charge in [-0.3, -0.25) is 0 Å². The number of rotatable bonds is 2. The Hall–Kier alpha value is -1.75. The van der Waals surface area contributed by atoms with Crippen LogP contribution in [0.2, 0.25) is 0 Å². The fourth-order valence-electron chi connectivity index (χ4n) is 0.646. The molecule has 0 radical (unpaired) electrons. The van der Waals surface area contributed by atoms with E-state index in [1.54, 1.807) is 24.3 Å². The molecule has 0 N–H and O–H groups in total.